The molecule has 0 aromatic heterocycles. The van der Waals surface area contributed by atoms with E-state index in [-0.39, 0.29) is 11.9 Å². The fourth-order valence-corrected chi connectivity index (χ4v) is 3.04. The van der Waals surface area contributed by atoms with Crippen LogP contribution in [0, 0.1) is 0 Å². The largest absolute Gasteiger partial charge is 0.305 e. The number of amides is 1. The Hall–Kier alpha value is -1.51. The van der Waals surface area contributed by atoms with Crippen LogP contribution < -0.4 is 4.90 Å². The normalized spacial score (nSPS) is 17.1. The third kappa shape index (κ3) is 2.19. The Balaban J connectivity index is 2.05. The molecule has 1 heterocycles. The highest BCUT2D eigenvalue weighted by atomic mass is 35.5. The molecule has 2 aromatic rings. The first kappa shape index (κ1) is 13.5. The summed E-state index contributed by atoms with van der Waals surface area (Å²) in [6.45, 7) is 2.04. The molecule has 1 amide bonds. The van der Waals surface area contributed by atoms with Crippen molar-refractivity contribution >= 4 is 34.8 Å². The Morgan fingerprint density at radius 2 is 1.95 bits per heavy atom. The molecule has 0 aliphatic carbocycles. The van der Waals surface area contributed by atoms with Crippen molar-refractivity contribution in [3.8, 4) is 0 Å². The molecule has 3 rings (SSSR count). The van der Waals surface area contributed by atoms with E-state index >= 15 is 0 Å². The first-order chi connectivity index (χ1) is 9.58. The summed E-state index contributed by atoms with van der Waals surface area (Å²) < 4.78 is 0. The minimum atomic E-state index is -0.102. The van der Waals surface area contributed by atoms with Crippen LogP contribution in [0.3, 0.4) is 0 Å². The Morgan fingerprint density at radius 1 is 1.20 bits per heavy atom. The molecule has 102 valence electrons. The lowest BCUT2D eigenvalue weighted by molar-refractivity contribution is 0.0981. The maximum atomic E-state index is 12.8. The zero-order chi connectivity index (χ0) is 14.3. The van der Waals surface area contributed by atoms with Crippen molar-refractivity contribution in [1.82, 2.24) is 0 Å². The number of para-hydroxylation sites is 1. The van der Waals surface area contributed by atoms with Crippen molar-refractivity contribution in [2.24, 2.45) is 0 Å². The molecule has 1 unspecified atom stereocenters. The summed E-state index contributed by atoms with van der Waals surface area (Å²) in [5, 5.41) is 0.939. The Morgan fingerprint density at radius 3 is 2.75 bits per heavy atom. The molecule has 2 aromatic carbocycles. The van der Waals surface area contributed by atoms with Gasteiger partial charge in [0, 0.05) is 16.8 Å². The van der Waals surface area contributed by atoms with Gasteiger partial charge < -0.3 is 4.90 Å². The third-order valence-electron chi connectivity index (χ3n) is 3.58. The molecular weight excluding hydrogens is 293 g/mol. The van der Waals surface area contributed by atoms with Crippen molar-refractivity contribution in [2.45, 2.75) is 19.4 Å². The number of anilines is 1. The summed E-state index contributed by atoms with van der Waals surface area (Å²) in [5.41, 5.74) is 2.59. The second kappa shape index (κ2) is 5.12. The van der Waals surface area contributed by atoms with E-state index in [0.717, 1.165) is 12.1 Å². The van der Waals surface area contributed by atoms with E-state index in [9.17, 15) is 4.79 Å². The zero-order valence-electron chi connectivity index (χ0n) is 10.9. The highest BCUT2D eigenvalue weighted by Crippen LogP contribution is 2.34. The van der Waals surface area contributed by atoms with Crippen LogP contribution in [0.1, 0.15) is 22.8 Å². The number of hydrogen-bond donors (Lipinski definition) is 0. The maximum absolute atomic E-state index is 12.8. The van der Waals surface area contributed by atoms with E-state index in [1.54, 1.807) is 23.1 Å². The molecule has 4 heteroatoms. The van der Waals surface area contributed by atoms with E-state index in [0.29, 0.717) is 15.6 Å². The SMILES string of the molecule is CC1Cc2ccccc2N1C(=O)c1cc(Cl)ccc1Cl. The number of nitrogens with zero attached hydrogens (tertiary/aromatic N) is 1. The Bertz CT molecular complexity index is 684. The van der Waals surface area contributed by atoms with Crippen molar-refractivity contribution in [3.63, 3.8) is 0 Å². The van der Waals surface area contributed by atoms with Crippen molar-refractivity contribution in [2.75, 3.05) is 4.90 Å². The van der Waals surface area contributed by atoms with Crippen molar-refractivity contribution < 1.29 is 4.79 Å². The molecule has 0 saturated heterocycles. The lowest BCUT2D eigenvalue weighted by Gasteiger charge is -2.23. The Kier molecular flexibility index (Phi) is 3.45. The van der Waals surface area contributed by atoms with Gasteiger partial charge in [-0.15, -0.1) is 0 Å². The first-order valence-corrected chi connectivity index (χ1v) is 7.20. The average Bonchev–Trinajstić information content (AvgIpc) is 2.76. The molecule has 1 atom stereocenters. The molecule has 2 nitrogen and oxygen atoms in total. The highest BCUT2D eigenvalue weighted by Gasteiger charge is 2.32. The Labute approximate surface area is 127 Å². The van der Waals surface area contributed by atoms with Crippen LogP contribution in [0.5, 0.6) is 0 Å². The smallest absolute Gasteiger partial charge is 0.260 e. The van der Waals surface area contributed by atoms with Gasteiger partial charge in [-0.1, -0.05) is 41.4 Å². The minimum absolute atomic E-state index is 0.102. The fourth-order valence-electron chi connectivity index (χ4n) is 2.67. The lowest BCUT2D eigenvalue weighted by atomic mass is 10.1. The van der Waals surface area contributed by atoms with Crippen molar-refractivity contribution in [3.05, 3.63) is 63.6 Å². The van der Waals surface area contributed by atoms with Crippen LogP contribution in [-0.2, 0) is 6.42 Å². The summed E-state index contributed by atoms with van der Waals surface area (Å²) in [6, 6.07) is 13.0. The number of benzene rings is 2. The van der Waals surface area contributed by atoms with Gasteiger partial charge in [0.05, 0.1) is 10.6 Å². The number of carbonyl (C=O) groups excluding carboxylic acids is 1. The monoisotopic (exact) mass is 305 g/mol. The van der Waals surface area contributed by atoms with E-state index in [4.69, 9.17) is 23.2 Å². The highest BCUT2D eigenvalue weighted by molar-refractivity contribution is 6.36. The molecule has 0 saturated carbocycles. The van der Waals surface area contributed by atoms with E-state index in [2.05, 4.69) is 6.07 Å². The van der Waals surface area contributed by atoms with Gasteiger partial charge in [-0.3, -0.25) is 4.79 Å². The summed E-state index contributed by atoms with van der Waals surface area (Å²) in [4.78, 5) is 14.6. The molecule has 0 bridgehead atoms. The van der Waals surface area contributed by atoms with Gasteiger partial charge in [-0.05, 0) is 43.2 Å². The van der Waals surface area contributed by atoms with Crippen LogP contribution in [-0.4, -0.2) is 11.9 Å². The van der Waals surface area contributed by atoms with Crippen LogP contribution >= 0.6 is 23.2 Å². The summed E-state index contributed by atoms with van der Waals surface area (Å²) in [5.74, 6) is -0.102. The first-order valence-electron chi connectivity index (χ1n) is 6.44. The average molecular weight is 306 g/mol. The van der Waals surface area contributed by atoms with Gasteiger partial charge >= 0.3 is 0 Å². The molecule has 20 heavy (non-hydrogen) atoms. The van der Waals surface area contributed by atoms with Crippen LogP contribution in [0.2, 0.25) is 10.0 Å². The van der Waals surface area contributed by atoms with Gasteiger partial charge in [0.1, 0.15) is 0 Å². The number of fused-ring (bicyclic) bond motifs is 1. The van der Waals surface area contributed by atoms with Gasteiger partial charge in [0.25, 0.3) is 5.91 Å². The topological polar surface area (TPSA) is 20.3 Å². The number of hydrogen-bond acceptors (Lipinski definition) is 1. The molecule has 0 spiro atoms. The second-order valence-corrected chi connectivity index (χ2v) is 5.82. The predicted molar refractivity (Wildman–Crippen MR) is 82.9 cm³/mol. The minimum Gasteiger partial charge on any atom is -0.305 e. The van der Waals surface area contributed by atoms with E-state index < -0.39 is 0 Å². The maximum Gasteiger partial charge on any atom is 0.260 e. The van der Waals surface area contributed by atoms with E-state index in [1.165, 1.54) is 5.56 Å². The quantitative estimate of drug-likeness (QED) is 0.755. The number of carbonyl (C=O) groups is 1. The van der Waals surface area contributed by atoms with Gasteiger partial charge in [-0.2, -0.15) is 0 Å². The summed E-state index contributed by atoms with van der Waals surface area (Å²) in [7, 11) is 0. The van der Waals surface area contributed by atoms with Gasteiger partial charge in [0.15, 0.2) is 0 Å². The van der Waals surface area contributed by atoms with Crippen LogP contribution in [0.4, 0.5) is 5.69 Å². The van der Waals surface area contributed by atoms with Gasteiger partial charge in [0.2, 0.25) is 0 Å². The van der Waals surface area contributed by atoms with Crippen molar-refractivity contribution in [1.29, 1.82) is 0 Å². The fraction of sp³-hybridized carbons (Fsp3) is 0.188. The standard InChI is InChI=1S/C16H13Cl2NO/c1-10-8-11-4-2-3-5-15(11)19(10)16(20)13-9-12(17)6-7-14(13)18/h2-7,9-10H,8H2,1H3. The summed E-state index contributed by atoms with van der Waals surface area (Å²) in [6.07, 6.45) is 0.861. The summed E-state index contributed by atoms with van der Waals surface area (Å²) >= 11 is 12.1. The number of rotatable bonds is 1. The predicted octanol–water partition coefficient (Wildman–Crippen LogP) is 4.58. The molecule has 1 aliphatic heterocycles. The van der Waals surface area contributed by atoms with Crippen LogP contribution in [0.15, 0.2) is 42.5 Å². The molecule has 0 radical (unpaired) electrons. The molecule has 0 fully saturated rings. The number of halogens is 2. The third-order valence-corrected chi connectivity index (χ3v) is 4.15. The van der Waals surface area contributed by atoms with Gasteiger partial charge in [-0.25, -0.2) is 0 Å². The second-order valence-electron chi connectivity index (χ2n) is 4.98. The van der Waals surface area contributed by atoms with E-state index in [1.807, 2.05) is 25.1 Å². The zero-order valence-corrected chi connectivity index (χ0v) is 12.4. The molecule has 0 N–H and O–H groups in total. The lowest BCUT2D eigenvalue weighted by Crippen LogP contribution is -2.35. The van der Waals surface area contributed by atoms with Crippen LogP contribution in [0.25, 0.3) is 0 Å². The molecular formula is C16H13Cl2NO. The molecule has 1 aliphatic rings.